The van der Waals surface area contributed by atoms with Gasteiger partial charge in [-0.3, -0.25) is 28.8 Å². The molecule has 11 atom stereocenters. The molecule has 1 N–H and O–H groups in total. The molecule has 0 spiro atoms. The van der Waals surface area contributed by atoms with Crippen LogP contribution in [-0.2, 0) is 57.2 Å². The standard InChI is InChI=1S/C30H39ClO13/c1-13-10-11-20(39-15(3)32)28(8)21(40-16(4)33)12-22(41-17(5)34)29(9,44-19(7)36)24(28)26(42-18(6)35)30(38)14(2)27(37)43-25(30)23(13)31/h10-11,14,20-26,38H,1,12H2,2-9H3/b11-10-/t14-,20-,21-,22+,23-,24+,25-,26+,28-,29+,30-/m0/s1. The zero-order valence-electron chi connectivity index (χ0n) is 25.9. The quantitative estimate of drug-likeness (QED) is 0.262. The number of halogens is 1. The van der Waals surface area contributed by atoms with Crippen LogP contribution in [0.25, 0.3) is 0 Å². The molecule has 0 amide bonds. The van der Waals surface area contributed by atoms with E-state index in [-0.39, 0.29) is 12.0 Å². The van der Waals surface area contributed by atoms with Gasteiger partial charge in [0.1, 0.15) is 24.4 Å². The average Bonchev–Trinajstić information content (AvgIpc) is 3.11. The molecule has 2 fully saturated rings. The van der Waals surface area contributed by atoms with Gasteiger partial charge >= 0.3 is 35.8 Å². The van der Waals surface area contributed by atoms with Crippen molar-refractivity contribution in [1.82, 2.24) is 0 Å². The molecule has 1 saturated carbocycles. The molecule has 44 heavy (non-hydrogen) atoms. The molecular weight excluding hydrogens is 604 g/mol. The monoisotopic (exact) mass is 642 g/mol. The molecule has 0 aromatic rings. The Balaban J connectivity index is 2.59. The Morgan fingerprint density at radius 3 is 1.93 bits per heavy atom. The maximum absolute atomic E-state index is 13.1. The van der Waals surface area contributed by atoms with Gasteiger partial charge in [0.05, 0.1) is 22.6 Å². The van der Waals surface area contributed by atoms with Gasteiger partial charge < -0.3 is 33.5 Å². The second kappa shape index (κ2) is 12.5. The Bertz CT molecular complexity index is 1280. The first-order valence-corrected chi connectivity index (χ1v) is 14.5. The van der Waals surface area contributed by atoms with Crippen LogP contribution in [0.5, 0.6) is 0 Å². The van der Waals surface area contributed by atoms with Gasteiger partial charge in [-0.2, -0.15) is 0 Å². The normalized spacial score (nSPS) is 40.7. The largest absolute Gasteiger partial charge is 0.462 e. The summed E-state index contributed by atoms with van der Waals surface area (Å²) in [6.45, 7) is 13.7. The van der Waals surface area contributed by atoms with Crippen molar-refractivity contribution in [3.63, 3.8) is 0 Å². The lowest BCUT2D eigenvalue weighted by molar-refractivity contribution is -0.291. The van der Waals surface area contributed by atoms with E-state index in [4.69, 9.17) is 40.0 Å². The molecule has 3 rings (SSSR count). The number of allylic oxidation sites excluding steroid dienone is 1. The summed E-state index contributed by atoms with van der Waals surface area (Å²) in [5, 5.41) is 11.4. The SMILES string of the molecule is C=C1/C=C\[C@H](OC(C)=O)[C@@]2(C)[C@@H](OC(C)=O)C[C@@H](OC(C)=O)[C@@](C)(OC(C)=O)[C@@H]2[C@@H](OC(C)=O)[C@]2(O)[C@@H](C)C(=O)O[C@H]2[C@H]1Cl. The number of carbonyl (C=O) groups is 6. The molecule has 0 unspecified atom stereocenters. The Kier molecular flexibility index (Phi) is 9.96. The lowest BCUT2D eigenvalue weighted by atomic mass is 9.51. The van der Waals surface area contributed by atoms with Crippen molar-refractivity contribution < 1.29 is 62.3 Å². The third-order valence-corrected chi connectivity index (χ3v) is 9.35. The lowest BCUT2D eigenvalue weighted by Crippen LogP contribution is -2.75. The Morgan fingerprint density at radius 2 is 1.43 bits per heavy atom. The van der Waals surface area contributed by atoms with Crippen LogP contribution in [0.15, 0.2) is 24.3 Å². The highest BCUT2D eigenvalue weighted by Gasteiger charge is 2.75. The molecule has 0 aromatic heterocycles. The summed E-state index contributed by atoms with van der Waals surface area (Å²) in [6.07, 6.45) is -4.88. The van der Waals surface area contributed by atoms with Gasteiger partial charge in [0.25, 0.3) is 0 Å². The Morgan fingerprint density at radius 1 is 0.909 bits per heavy atom. The highest BCUT2D eigenvalue weighted by molar-refractivity contribution is 6.23. The first-order valence-electron chi connectivity index (χ1n) is 14.0. The summed E-state index contributed by atoms with van der Waals surface area (Å²) >= 11 is 6.75. The smallest absolute Gasteiger partial charge is 0.312 e. The topological polar surface area (TPSA) is 178 Å². The van der Waals surface area contributed by atoms with Crippen molar-refractivity contribution in [1.29, 1.82) is 0 Å². The van der Waals surface area contributed by atoms with Crippen LogP contribution in [0.4, 0.5) is 0 Å². The van der Waals surface area contributed by atoms with E-state index in [1.165, 1.54) is 32.9 Å². The van der Waals surface area contributed by atoms with Crippen molar-refractivity contribution in [2.45, 2.75) is 109 Å². The minimum absolute atomic E-state index is 0.137. The fourth-order valence-electron chi connectivity index (χ4n) is 6.98. The highest BCUT2D eigenvalue weighted by atomic mass is 35.5. The summed E-state index contributed by atoms with van der Waals surface area (Å²) in [4.78, 5) is 76.1. The molecule has 1 saturated heterocycles. The van der Waals surface area contributed by atoms with Gasteiger partial charge in [-0.15, -0.1) is 11.6 Å². The zero-order valence-corrected chi connectivity index (χ0v) is 26.7. The average molecular weight is 643 g/mol. The van der Waals surface area contributed by atoms with Crippen LogP contribution in [0, 0.1) is 17.3 Å². The van der Waals surface area contributed by atoms with Gasteiger partial charge in [-0.05, 0) is 25.5 Å². The van der Waals surface area contributed by atoms with Crippen LogP contribution < -0.4 is 0 Å². The first-order chi connectivity index (χ1) is 20.2. The Hall–Kier alpha value is -3.45. The molecule has 244 valence electrons. The number of hydrogen-bond donors (Lipinski definition) is 1. The number of esters is 6. The summed E-state index contributed by atoms with van der Waals surface area (Å²) in [5.74, 6) is -7.93. The molecule has 13 nitrogen and oxygen atoms in total. The molecule has 0 aromatic carbocycles. The van der Waals surface area contributed by atoms with E-state index in [0.29, 0.717) is 0 Å². The van der Waals surface area contributed by atoms with Crippen LogP contribution >= 0.6 is 11.6 Å². The number of rotatable bonds is 5. The molecular formula is C30H39ClO13. The van der Waals surface area contributed by atoms with Crippen molar-refractivity contribution in [2.75, 3.05) is 0 Å². The van der Waals surface area contributed by atoms with E-state index < -0.39 is 100 Å². The number of fused-ring (bicyclic) bond motifs is 2. The van der Waals surface area contributed by atoms with Gasteiger partial charge in [0, 0.05) is 41.0 Å². The highest BCUT2D eigenvalue weighted by Crippen LogP contribution is 2.59. The van der Waals surface area contributed by atoms with Crippen LogP contribution in [0.3, 0.4) is 0 Å². The fraction of sp³-hybridized carbons (Fsp3) is 0.667. The van der Waals surface area contributed by atoms with Crippen molar-refractivity contribution >= 4 is 47.4 Å². The van der Waals surface area contributed by atoms with Crippen LogP contribution in [0.1, 0.15) is 61.8 Å². The lowest BCUT2D eigenvalue weighted by Gasteiger charge is -2.61. The summed E-state index contributed by atoms with van der Waals surface area (Å²) < 4.78 is 34.6. The molecule has 0 radical (unpaired) electrons. The van der Waals surface area contributed by atoms with Crippen molar-refractivity contribution in [3.05, 3.63) is 24.3 Å². The minimum atomic E-state index is -2.45. The van der Waals surface area contributed by atoms with Gasteiger partial charge in [-0.1, -0.05) is 19.6 Å². The van der Waals surface area contributed by atoms with Gasteiger partial charge in [-0.25, -0.2) is 0 Å². The van der Waals surface area contributed by atoms with Gasteiger partial charge in [0.2, 0.25) is 0 Å². The number of alkyl halides is 1. The predicted octanol–water partition coefficient (Wildman–Crippen LogP) is 2.09. The summed E-state index contributed by atoms with van der Waals surface area (Å²) in [5.41, 5.74) is -6.03. The van der Waals surface area contributed by atoms with Crippen molar-refractivity contribution in [2.24, 2.45) is 17.3 Å². The molecule has 14 heteroatoms. The van der Waals surface area contributed by atoms with Gasteiger partial charge in [0.15, 0.2) is 17.3 Å². The second-order valence-corrected chi connectivity index (χ2v) is 12.4. The van der Waals surface area contributed by atoms with E-state index in [0.717, 1.165) is 34.6 Å². The third kappa shape index (κ3) is 6.08. The molecule has 1 aliphatic heterocycles. The summed E-state index contributed by atoms with van der Waals surface area (Å²) in [6, 6.07) is 0. The van der Waals surface area contributed by atoms with Crippen LogP contribution in [-0.4, -0.2) is 88.0 Å². The molecule has 2 aliphatic carbocycles. The number of ether oxygens (including phenoxy) is 6. The van der Waals surface area contributed by atoms with Crippen molar-refractivity contribution in [3.8, 4) is 0 Å². The predicted molar refractivity (Wildman–Crippen MR) is 151 cm³/mol. The van der Waals surface area contributed by atoms with E-state index in [1.807, 2.05) is 0 Å². The number of aliphatic hydroxyl groups is 1. The van der Waals surface area contributed by atoms with E-state index in [1.54, 1.807) is 0 Å². The maximum Gasteiger partial charge on any atom is 0.312 e. The second-order valence-electron chi connectivity index (χ2n) is 11.9. The zero-order chi connectivity index (χ0) is 33.5. The Labute approximate surface area is 260 Å². The van der Waals surface area contributed by atoms with E-state index in [2.05, 4.69) is 6.58 Å². The van der Waals surface area contributed by atoms with E-state index >= 15 is 0 Å². The fourth-order valence-corrected chi connectivity index (χ4v) is 7.31. The minimum Gasteiger partial charge on any atom is -0.462 e. The third-order valence-electron chi connectivity index (χ3n) is 8.84. The number of carbonyl (C=O) groups excluding carboxylic acids is 6. The number of hydrogen-bond acceptors (Lipinski definition) is 13. The van der Waals surface area contributed by atoms with Crippen LogP contribution in [0.2, 0.25) is 0 Å². The maximum atomic E-state index is 13.1. The summed E-state index contributed by atoms with van der Waals surface area (Å²) in [7, 11) is 0. The first kappa shape index (κ1) is 35.0. The van der Waals surface area contributed by atoms with E-state index in [9.17, 15) is 33.9 Å². The molecule has 1 heterocycles. The molecule has 0 bridgehead atoms. The molecule has 3 aliphatic rings.